The zero-order chi connectivity index (χ0) is 15.5. The van der Waals surface area contributed by atoms with Gasteiger partial charge < -0.3 is 4.74 Å². The molecular formula is C14H18N2O4S. The normalized spacial score (nSPS) is 21.0. The van der Waals surface area contributed by atoms with E-state index in [1.807, 2.05) is 18.2 Å². The summed E-state index contributed by atoms with van der Waals surface area (Å²) in [4.78, 5) is 11.9. The second-order valence-corrected chi connectivity index (χ2v) is 7.20. The fourth-order valence-electron chi connectivity index (χ4n) is 2.24. The van der Waals surface area contributed by atoms with Crippen molar-refractivity contribution in [3.63, 3.8) is 0 Å². The minimum Gasteiger partial charge on any atom is -0.496 e. The highest BCUT2D eigenvalue weighted by molar-refractivity contribution is 7.91. The number of nitrogens with one attached hydrogen (secondary N) is 1. The predicted molar refractivity (Wildman–Crippen MR) is 80.1 cm³/mol. The molecule has 0 bridgehead atoms. The van der Waals surface area contributed by atoms with Crippen molar-refractivity contribution < 1.29 is 17.9 Å². The number of benzene rings is 1. The summed E-state index contributed by atoms with van der Waals surface area (Å²) >= 11 is 0. The molecule has 1 N–H and O–H groups in total. The Labute approximate surface area is 124 Å². The summed E-state index contributed by atoms with van der Waals surface area (Å²) in [5.41, 5.74) is 3.82. The third-order valence-corrected chi connectivity index (χ3v) is 5.20. The van der Waals surface area contributed by atoms with Crippen molar-refractivity contribution in [3.8, 4) is 5.75 Å². The first kappa shape index (κ1) is 15.5. The molecule has 21 heavy (non-hydrogen) atoms. The van der Waals surface area contributed by atoms with Crippen molar-refractivity contribution in [1.29, 1.82) is 0 Å². The highest BCUT2D eigenvalue weighted by Crippen LogP contribution is 2.19. The van der Waals surface area contributed by atoms with Crippen LogP contribution in [0.3, 0.4) is 0 Å². The highest BCUT2D eigenvalue weighted by Gasteiger charge is 2.32. The number of para-hydroxylation sites is 1. The van der Waals surface area contributed by atoms with Gasteiger partial charge in [-0.3, -0.25) is 4.79 Å². The molecule has 1 fully saturated rings. The summed E-state index contributed by atoms with van der Waals surface area (Å²) in [6.07, 6.45) is 0.359. The van der Waals surface area contributed by atoms with Gasteiger partial charge in [0.1, 0.15) is 5.75 Å². The number of amides is 1. The van der Waals surface area contributed by atoms with Crippen LogP contribution < -0.4 is 10.2 Å². The van der Waals surface area contributed by atoms with Crippen molar-refractivity contribution >= 4 is 21.5 Å². The SMILES string of the molecule is COc1ccccc1/C(C)=N\NC(=O)[C@@H]1CCS(=O)(=O)C1. The molecule has 0 aromatic heterocycles. The van der Waals surface area contributed by atoms with Gasteiger partial charge in [-0.05, 0) is 25.5 Å². The summed E-state index contributed by atoms with van der Waals surface area (Å²) in [5.74, 6) is -0.228. The number of sulfone groups is 1. The summed E-state index contributed by atoms with van der Waals surface area (Å²) in [6.45, 7) is 1.75. The Kier molecular flexibility index (Phi) is 4.62. The molecule has 0 unspecified atom stereocenters. The molecule has 1 atom stereocenters. The van der Waals surface area contributed by atoms with Crippen LogP contribution in [0.5, 0.6) is 5.75 Å². The molecule has 6 nitrogen and oxygen atoms in total. The van der Waals surface area contributed by atoms with Crippen LogP contribution in [0.4, 0.5) is 0 Å². The molecule has 0 saturated carbocycles. The van der Waals surface area contributed by atoms with Crippen molar-refractivity contribution in [1.82, 2.24) is 5.43 Å². The first-order valence-corrected chi connectivity index (χ1v) is 8.43. The maximum absolute atomic E-state index is 11.9. The van der Waals surface area contributed by atoms with Crippen LogP contribution >= 0.6 is 0 Å². The number of ether oxygens (including phenoxy) is 1. The predicted octanol–water partition coefficient (Wildman–Crippen LogP) is 0.970. The molecule has 1 amide bonds. The molecule has 0 radical (unpaired) electrons. The van der Waals surface area contributed by atoms with E-state index in [0.29, 0.717) is 17.9 Å². The third-order valence-electron chi connectivity index (χ3n) is 3.43. The minimum absolute atomic E-state index is 0.0697. The standard InChI is InChI=1S/C14H18N2O4S/c1-10(12-5-3-4-6-13(12)20-2)15-16-14(17)11-7-8-21(18,19)9-11/h3-6,11H,7-9H2,1-2H3,(H,16,17)/b15-10-/t11-/m1/s1. The molecule has 0 spiro atoms. The van der Waals surface area contributed by atoms with Gasteiger partial charge in [0, 0.05) is 5.56 Å². The summed E-state index contributed by atoms with van der Waals surface area (Å²) in [5, 5.41) is 4.04. The Morgan fingerprint density at radius 2 is 2.10 bits per heavy atom. The van der Waals surface area contributed by atoms with E-state index in [1.54, 1.807) is 20.1 Å². The van der Waals surface area contributed by atoms with E-state index < -0.39 is 15.8 Å². The maximum Gasteiger partial charge on any atom is 0.244 e. The number of nitrogens with zero attached hydrogens (tertiary/aromatic N) is 1. The van der Waals surface area contributed by atoms with Crippen LogP contribution in [-0.2, 0) is 14.6 Å². The largest absolute Gasteiger partial charge is 0.496 e. The summed E-state index contributed by atoms with van der Waals surface area (Å²) in [7, 11) is -1.51. The summed E-state index contributed by atoms with van der Waals surface area (Å²) < 4.78 is 27.9. The average Bonchev–Trinajstić information content (AvgIpc) is 2.84. The number of hydrazone groups is 1. The molecule has 7 heteroatoms. The number of rotatable bonds is 4. The fourth-order valence-corrected chi connectivity index (χ4v) is 3.98. The first-order chi connectivity index (χ1) is 9.93. The summed E-state index contributed by atoms with van der Waals surface area (Å²) in [6, 6.07) is 7.34. The fraction of sp³-hybridized carbons (Fsp3) is 0.429. The van der Waals surface area contributed by atoms with Gasteiger partial charge in [-0.2, -0.15) is 5.10 Å². The number of carbonyl (C=O) groups is 1. The van der Waals surface area contributed by atoms with Crippen molar-refractivity contribution in [3.05, 3.63) is 29.8 Å². The molecule has 1 aromatic rings. The van der Waals surface area contributed by atoms with Gasteiger partial charge in [-0.1, -0.05) is 12.1 Å². The topological polar surface area (TPSA) is 84.8 Å². The van der Waals surface area contributed by atoms with E-state index in [9.17, 15) is 13.2 Å². The molecule has 2 rings (SSSR count). The average molecular weight is 310 g/mol. The van der Waals surface area contributed by atoms with Crippen LogP contribution in [0.1, 0.15) is 18.9 Å². The van der Waals surface area contributed by atoms with Gasteiger partial charge in [-0.25, -0.2) is 13.8 Å². The van der Waals surface area contributed by atoms with Gasteiger partial charge in [0.2, 0.25) is 5.91 Å². The van der Waals surface area contributed by atoms with Crippen LogP contribution in [0.2, 0.25) is 0 Å². The number of hydrogen-bond donors (Lipinski definition) is 1. The Bertz CT molecular complexity index is 667. The van der Waals surface area contributed by atoms with Crippen molar-refractivity contribution in [2.75, 3.05) is 18.6 Å². The zero-order valence-electron chi connectivity index (χ0n) is 12.0. The van der Waals surface area contributed by atoms with Gasteiger partial charge in [-0.15, -0.1) is 0 Å². The van der Waals surface area contributed by atoms with Crippen LogP contribution in [0.15, 0.2) is 29.4 Å². The smallest absolute Gasteiger partial charge is 0.244 e. The van der Waals surface area contributed by atoms with E-state index in [-0.39, 0.29) is 17.4 Å². The van der Waals surface area contributed by atoms with Crippen LogP contribution in [-0.4, -0.2) is 38.7 Å². The Morgan fingerprint density at radius 3 is 2.71 bits per heavy atom. The van der Waals surface area contributed by atoms with E-state index in [2.05, 4.69) is 10.5 Å². The molecule has 0 aliphatic carbocycles. The van der Waals surface area contributed by atoms with Crippen LogP contribution in [0.25, 0.3) is 0 Å². The van der Waals surface area contributed by atoms with E-state index in [1.165, 1.54) is 0 Å². The second-order valence-electron chi connectivity index (χ2n) is 4.97. The Morgan fingerprint density at radius 1 is 1.38 bits per heavy atom. The van der Waals surface area contributed by atoms with Crippen molar-refractivity contribution in [2.24, 2.45) is 11.0 Å². The lowest BCUT2D eigenvalue weighted by atomic mass is 10.1. The van der Waals surface area contributed by atoms with Gasteiger partial charge >= 0.3 is 0 Å². The molecule has 1 aromatic carbocycles. The molecule has 114 valence electrons. The Balaban J connectivity index is 2.05. The maximum atomic E-state index is 11.9. The lowest BCUT2D eigenvalue weighted by Crippen LogP contribution is -2.28. The monoisotopic (exact) mass is 310 g/mol. The second kappa shape index (κ2) is 6.26. The van der Waals surface area contributed by atoms with Gasteiger partial charge in [0.25, 0.3) is 0 Å². The molecule has 1 saturated heterocycles. The van der Waals surface area contributed by atoms with Gasteiger partial charge in [0.15, 0.2) is 9.84 Å². The van der Waals surface area contributed by atoms with Crippen LogP contribution in [0, 0.1) is 5.92 Å². The van der Waals surface area contributed by atoms with E-state index in [0.717, 1.165) is 5.56 Å². The Hall–Kier alpha value is -1.89. The number of carbonyl (C=O) groups excluding carboxylic acids is 1. The number of hydrogen-bond acceptors (Lipinski definition) is 5. The minimum atomic E-state index is -3.07. The third kappa shape index (κ3) is 3.81. The quantitative estimate of drug-likeness (QED) is 0.663. The highest BCUT2D eigenvalue weighted by atomic mass is 32.2. The molecular weight excluding hydrogens is 292 g/mol. The molecule has 1 aliphatic rings. The molecule has 1 aliphatic heterocycles. The zero-order valence-corrected chi connectivity index (χ0v) is 12.8. The van der Waals surface area contributed by atoms with Crippen molar-refractivity contribution in [2.45, 2.75) is 13.3 Å². The lowest BCUT2D eigenvalue weighted by molar-refractivity contribution is -0.124. The number of methoxy groups -OCH3 is 1. The van der Waals surface area contributed by atoms with E-state index >= 15 is 0 Å². The lowest BCUT2D eigenvalue weighted by Gasteiger charge is -2.09. The molecule has 1 heterocycles. The van der Waals surface area contributed by atoms with E-state index in [4.69, 9.17) is 4.74 Å². The first-order valence-electron chi connectivity index (χ1n) is 6.61. The van der Waals surface area contributed by atoms with Gasteiger partial charge in [0.05, 0.1) is 30.2 Å².